The van der Waals surface area contributed by atoms with Gasteiger partial charge in [0.15, 0.2) is 0 Å². The Morgan fingerprint density at radius 3 is 2.46 bits per heavy atom. The molecule has 0 bridgehead atoms. The predicted molar refractivity (Wildman–Crippen MR) is 56.6 cm³/mol. The lowest BCUT2D eigenvalue weighted by Gasteiger charge is -2.39. The van der Waals surface area contributed by atoms with Crippen LogP contribution in [0.4, 0.5) is 0 Å². The average Bonchev–Trinajstić information content (AvgIpc) is 1.97. The number of allylic oxidation sites excluding steroid dienone is 1. The summed E-state index contributed by atoms with van der Waals surface area (Å²) < 4.78 is 0. The fraction of sp³-hybridized carbons (Fsp3) is 0.833. The first-order valence-corrected chi connectivity index (χ1v) is 5.32. The van der Waals surface area contributed by atoms with E-state index >= 15 is 0 Å². The number of hydrogen-bond acceptors (Lipinski definition) is 1. The van der Waals surface area contributed by atoms with Crippen molar-refractivity contribution in [1.29, 1.82) is 0 Å². The van der Waals surface area contributed by atoms with Crippen LogP contribution in [0, 0.1) is 11.8 Å². The number of aliphatic hydroxyl groups is 1. The van der Waals surface area contributed by atoms with E-state index in [2.05, 4.69) is 27.7 Å². The van der Waals surface area contributed by atoms with Crippen LogP contribution in [-0.2, 0) is 0 Å². The molecule has 0 spiro atoms. The summed E-state index contributed by atoms with van der Waals surface area (Å²) >= 11 is 0. The quantitative estimate of drug-likeness (QED) is 0.618. The van der Waals surface area contributed by atoms with Crippen molar-refractivity contribution in [3.63, 3.8) is 0 Å². The molecule has 1 aliphatic rings. The molecule has 0 aromatic rings. The van der Waals surface area contributed by atoms with Crippen molar-refractivity contribution in [2.75, 3.05) is 0 Å². The minimum absolute atomic E-state index is 0.408. The van der Waals surface area contributed by atoms with Gasteiger partial charge in [-0.1, -0.05) is 25.5 Å². The van der Waals surface area contributed by atoms with Crippen LogP contribution in [0.2, 0.25) is 0 Å². The zero-order valence-corrected chi connectivity index (χ0v) is 9.30. The van der Waals surface area contributed by atoms with Gasteiger partial charge < -0.3 is 5.11 Å². The topological polar surface area (TPSA) is 20.2 Å². The molecular formula is C12H22O. The summed E-state index contributed by atoms with van der Waals surface area (Å²) in [7, 11) is 0. The Kier molecular flexibility index (Phi) is 3.18. The maximum atomic E-state index is 10.4. The van der Waals surface area contributed by atoms with Crippen molar-refractivity contribution >= 4 is 0 Å². The summed E-state index contributed by atoms with van der Waals surface area (Å²) in [5, 5.41) is 10.4. The summed E-state index contributed by atoms with van der Waals surface area (Å²) in [6.07, 6.45) is 5.29. The van der Waals surface area contributed by atoms with Crippen molar-refractivity contribution < 1.29 is 5.11 Å². The molecule has 3 atom stereocenters. The normalized spacial score (nSPS) is 40.1. The van der Waals surface area contributed by atoms with Gasteiger partial charge in [-0.2, -0.15) is 0 Å². The van der Waals surface area contributed by atoms with Crippen LogP contribution in [0.15, 0.2) is 11.6 Å². The minimum atomic E-state index is -0.522. The maximum absolute atomic E-state index is 10.4. The Hall–Kier alpha value is -0.300. The molecule has 0 heterocycles. The zero-order valence-electron chi connectivity index (χ0n) is 9.30. The molecule has 1 rings (SSSR count). The van der Waals surface area contributed by atoms with Gasteiger partial charge in [-0.15, -0.1) is 0 Å². The van der Waals surface area contributed by atoms with E-state index < -0.39 is 5.60 Å². The van der Waals surface area contributed by atoms with Crippen LogP contribution in [-0.4, -0.2) is 10.7 Å². The molecule has 1 heteroatoms. The largest absolute Gasteiger partial charge is 0.386 e. The van der Waals surface area contributed by atoms with Crippen LogP contribution < -0.4 is 0 Å². The first-order chi connectivity index (χ1) is 5.94. The zero-order chi connectivity index (χ0) is 10.1. The average molecular weight is 182 g/mol. The molecule has 1 N–H and O–H groups in total. The standard InChI is InChI=1S/C12H22O/c1-9(2)8-12(13)6-5-10(3)7-11(12)4/h8,10-11,13H,5-7H2,1-4H3. The first-order valence-electron chi connectivity index (χ1n) is 5.32. The van der Waals surface area contributed by atoms with Gasteiger partial charge >= 0.3 is 0 Å². The lowest BCUT2D eigenvalue weighted by molar-refractivity contribution is -0.0111. The smallest absolute Gasteiger partial charge is 0.0855 e. The minimum Gasteiger partial charge on any atom is -0.386 e. The highest BCUT2D eigenvalue weighted by Crippen LogP contribution is 2.38. The van der Waals surface area contributed by atoms with E-state index in [1.54, 1.807) is 0 Å². The first kappa shape index (κ1) is 10.8. The van der Waals surface area contributed by atoms with Gasteiger partial charge in [0, 0.05) is 0 Å². The maximum Gasteiger partial charge on any atom is 0.0855 e. The van der Waals surface area contributed by atoms with E-state index in [1.165, 1.54) is 5.57 Å². The summed E-state index contributed by atoms with van der Waals surface area (Å²) in [6.45, 7) is 8.55. The van der Waals surface area contributed by atoms with Gasteiger partial charge in [-0.05, 0) is 44.9 Å². The summed E-state index contributed by atoms with van der Waals surface area (Å²) in [6, 6.07) is 0. The second-order valence-electron chi connectivity index (χ2n) is 4.99. The highest BCUT2D eigenvalue weighted by Gasteiger charge is 2.36. The van der Waals surface area contributed by atoms with Crippen LogP contribution in [0.1, 0.15) is 47.0 Å². The van der Waals surface area contributed by atoms with E-state index in [0.29, 0.717) is 5.92 Å². The summed E-state index contributed by atoms with van der Waals surface area (Å²) in [5.41, 5.74) is 0.703. The molecule has 1 nitrogen and oxygen atoms in total. The van der Waals surface area contributed by atoms with Gasteiger partial charge in [0.25, 0.3) is 0 Å². The Morgan fingerprint density at radius 2 is 2.00 bits per heavy atom. The Bertz CT molecular complexity index is 203. The lowest BCUT2D eigenvalue weighted by atomic mass is 9.72. The van der Waals surface area contributed by atoms with Crippen molar-refractivity contribution in [2.45, 2.75) is 52.6 Å². The predicted octanol–water partition coefficient (Wildman–Crippen LogP) is 3.14. The third kappa shape index (κ3) is 2.57. The van der Waals surface area contributed by atoms with Gasteiger partial charge in [0.1, 0.15) is 0 Å². The van der Waals surface area contributed by atoms with E-state index in [9.17, 15) is 5.11 Å². The molecule has 0 saturated heterocycles. The molecule has 0 radical (unpaired) electrons. The molecule has 1 saturated carbocycles. The van der Waals surface area contributed by atoms with Crippen molar-refractivity contribution in [3.05, 3.63) is 11.6 Å². The number of rotatable bonds is 1. The van der Waals surface area contributed by atoms with Crippen molar-refractivity contribution in [2.24, 2.45) is 11.8 Å². The van der Waals surface area contributed by atoms with Crippen molar-refractivity contribution in [3.8, 4) is 0 Å². The van der Waals surface area contributed by atoms with E-state index in [1.807, 2.05) is 6.08 Å². The molecule has 76 valence electrons. The van der Waals surface area contributed by atoms with Crippen LogP contribution in [0.5, 0.6) is 0 Å². The molecule has 0 aromatic heterocycles. The van der Waals surface area contributed by atoms with Gasteiger partial charge in [-0.3, -0.25) is 0 Å². The van der Waals surface area contributed by atoms with Gasteiger partial charge in [0.2, 0.25) is 0 Å². The van der Waals surface area contributed by atoms with Crippen LogP contribution in [0.3, 0.4) is 0 Å². The summed E-state index contributed by atoms with van der Waals surface area (Å²) in [5.74, 6) is 1.19. The van der Waals surface area contributed by atoms with Gasteiger partial charge in [0.05, 0.1) is 5.60 Å². The fourth-order valence-corrected chi connectivity index (χ4v) is 2.36. The van der Waals surface area contributed by atoms with Crippen LogP contribution in [0.25, 0.3) is 0 Å². The van der Waals surface area contributed by atoms with Crippen molar-refractivity contribution in [1.82, 2.24) is 0 Å². The molecule has 0 aliphatic heterocycles. The second-order valence-corrected chi connectivity index (χ2v) is 4.99. The molecular weight excluding hydrogens is 160 g/mol. The van der Waals surface area contributed by atoms with E-state index in [0.717, 1.165) is 25.2 Å². The molecule has 13 heavy (non-hydrogen) atoms. The van der Waals surface area contributed by atoms with Gasteiger partial charge in [-0.25, -0.2) is 0 Å². The Labute approximate surface area is 81.9 Å². The molecule has 0 aromatic carbocycles. The second kappa shape index (κ2) is 3.83. The SMILES string of the molecule is CC(C)=CC1(O)CCC(C)CC1C. The fourth-order valence-electron chi connectivity index (χ4n) is 2.36. The molecule has 1 fully saturated rings. The highest BCUT2D eigenvalue weighted by atomic mass is 16.3. The monoisotopic (exact) mass is 182 g/mol. The van der Waals surface area contributed by atoms with Crippen LogP contribution >= 0.6 is 0 Å². The summed E-state index contributed by atoms with van der Waals surface area (Å²) in [4.78, 5) is 0. The third-order valence-corrected chi connectivity index (χ3v) is 3.19. The molecule has 0 amide bonds. The number of hydrogen-bond donors (Lipinski definition) is 1. The van der Waals surface area contributed by atoms with E-state index in [-0.39, 0.29) is 0 Å². The Morgan fingerprint density at radius 1 is 1.38 bits per heavy atom. The molecule has 1 aliphatic carbocycles. The third-order valence-electron chi connectivity index (χ3n) is 3.19. The van der Waals surface area contributed by atoms with E-state index in [4.69, 9.17) is 0 Å². The molecule has 3 unspecified atom stereocenters. The Balaban J connectivity index is 2.73. The highest BCUT2D eigenvalue weighted by molar-refractivity contribution is 5.10. The lowest BCUT2D eigenvalue weighted by Crippen LogP contribution is -2.39.